The molecule has 32 heavy (non-hydrogen) atoms. The minimum Gasteiger partial charge on any atom is -0.465 e. The van der Waals surface area contributed by atoms with Crippen molar-refractivity contribution in [3.8, 4) is 17.3 Å². The lowest BCUT2D eigenvalue weighted by molar-refractivity contribution is 0.0601. The number of furan rings is 1. The van der Waals surface area contributed by atoms with Gasteiger partial charge in [-0.1, -0.05) is 30.0 Å². The lowest BCUT2D eigenvalue weighted by Gasteiger charge is -2.10. The van der Waals surface area contributed by atoms with Gasteiger partial charge in [0.1, 0.15) is 9.88 Å². The first-order valence-corrected chi connectivity index (χ1v) is 11.1. The Kier molecular flexibility index (Phi) is 6.28. The third kappa shape index (κ3) is 3.99. The molecule has 3 aromatic heterocycles. The van der Waals surface area contributed by atoms with Crippen LogP contribution in [0.25, 0.3) is 17.3 Å². The number of ether oxygens (including phenoxy) is 2. The zero-order valence-corrected chi connectivity index (χ0v) is 18.7. The minimum absolute atomic E-state index is 0.155. The summed E-state index contributed by atoms with van der Waals surface area (Å²) in [5, 5.41) is 9.34. The van der Waals surface area contributed by atoms with Crippen molar-refractivity contribution in [1.82, 2.24) is 14.8 Å². The van der Waals surface area contributed by atoms with Crippen LogP contribution >= 0.6 is 23.1 Å². The number of nitrogen functional groups attached to an aromatic ring is 1. The van der Waals surface area contributed by atoms with Crippen molar-refractivity contribution >= 4 is 40.0 Å². The van der Waals surface area contributed by atoms with E-state index in [9.17, 15) is 9.59 Å². The van der Waals surface area contributed by atoms with E-state index < -0.39 is 11.9 Å². The molecule has 2 N–H and O–H groups in total. The fourth-order valence-electron chi connectivity index (χ4n) is 3.08. The summed E-state index contributed by atoms with van der Waals surface area (Å²) < 4.78 is 17.1. The monoisotopic (exact) mass is 470 g/mol. The average molecular weight is 471 g/mol. The lowest BCUT2D eigenvalue weighted by Crippen LogP contribution is -2.09. The number of methoxy groups -OCH3 is 2. The Labute approximate surface area is 191 Å². The molecule has 0 radical (unpaired) electrons. The summed E-state index contributed by atoms with van der Waals surface area (Å²) in [6.07, 6.45) is 1.56. The van der Waals surface area contributed by atoms with E-state index in [1.165, 1.54) is 26.0 Å². The van der Waals surface area contributed by atoms with Crippen LogP contribution in [-0.2, 0) is 15.2 Å². The molecule has 4 rings (SSSR count). The van der Waals surface area contributed by atoms with Gasteiger partial charge in [0.2, 0.25) is 5.82 Å². The van der Waals surface area contributed by atoms with E-state index in [2.05, 4.69) is 10.2 Å². The number of carbonyl (C=O) groups is 2. The quantitative estimate of drug-likeness (QED) is 0.315. The molecule has 9 nitrogen and oxygen atoms in total. The normalized spacial score (nSPS) is 10.8. The summed E-state index contributed by atoms with van der Waals surface area (Å²) in [4.78, 5) is 24.9. The van der Waals surface area contributed by atoms with Gasteiger partial charge in [0.05, 0.1) is 26.0 Å². The summed E-state index contributed by atoms with van der Waals surface area (Å²) >= 11 is 2.28. The van der Waals surface area contributed by atoms with Crippen molar-refractivity contribution in [2.75, 3.05) is 20.0 Å². The average Bonchev–Trinajstić information content (AvgIpc) is 3.55. The number of anilines is 1. The van der Waals surface area contributed by atoms with Gasteiger partial charge >= 0.3 is 11.9 Å². The maximum atomic E-state index is 12.3. The maximum absolute atomic E-state index is 12.3. The van der Waals surface area contributed by atoms with E-state index in [-0.39, 0.29) is 21.2 Å². The fraction of sp³-hybridized carbons (Fsp3) is 0.143. The van der Waals surface area contributed by atoms with Crippen LogP contribution in [0.15, 0.2) is 58.3 Å². The molecule has 0 amide bonds. The summed E-state index contributed by atoms with van der Waals surface area (Å²) in [5.74, 6) is 0.0954. The van der Waals surface area contributed by atoms with Crippen molar-refractivity contribution in [2.24, 2.45) is 0 Å². The predicted molar refractivity (Wildman–Crippen MR) is 120 cm³/mol. The Bertz CT molecular complexity index is 1250. The van der Waals surface area contributed by atoms with Crippen LogP contribution in [0.3, 0.4) is 0 Å². The van der Waals surface area contributed by atoms with Crippen molar-refractivity contribution in [2.45, 2.75) is 10.9 Å². The number of benzene rings is 1. The number of carbonyl (C=O) groups excluding carboxylic acids is 2. The lowest BCUT2D eigenvalue weighted by atomic mass is 10.1. The Morgan fingerprint density at radius 1 is 1.09 bits per heavy atom. The van der Waals surface area contributed by atoms with Crippen LogP contribution < -0.4 is 5.73 Å². The number of thioether (sulfide) groups is 1. The second kappa shape index (κ2) is 9.28. The number of rotatable bonds is 7. The van der Waals surface area contributed by atoms with Crippen molar-refractivity contribution in [1.29, 1.82) is 0 Å². The van der Waals surface area contributed by atoms with Crippen molar-refractivity contribution in [3.63, 3.8) is 0 Å². The van der Waals surface area contributed by atoms with E-state index in [1.54, 1.807) is 18.4 Å². The third-order valence-electron chi connectivity index (χ3n) is 4.53. The number of para-hydroxylation sites is 1. The number of nitrogens with two attached hydrogens (primary N) is 1. The second-order valence-electron chi connectivity index (χ2n) is 6.38. The molecule has 0 saturated heterocycles. The molecule has 0 atom stereocenters. The molecule has 0 aliphatic carbocycles. The topological polar surface area (TPSA) is 122 Å². The third-order valence-corrected chi connectivity index (χ3v) is 6.53. The van der Waals surface area contributed by atoms with Crippen LogP contribution in [0.2, 0.25) is 0 Å². The second-order valence-corrected chi connectivity index (χ2v) is 8.37. The Morgan fingerprint density at radius 2 is 1.84 bits per heavy atom. The van der Waals surface area contributed by atoms with Gasteiger partial charge in [-0.3, -0.25) is 4.57 Å². The first-order chi connectivity index (χ1) is 15.5. The van der Waals surface area contributed by atoms with Crippen LogP contribution in [0.5, 0.6) is 0 Å². The Balaban J connectivity index is 1.76. The highest BCUT2D eigenvalue weighted by Crippen LogP contribution is 2.37. The first-order valence-electron chi connectivity index (χ1n) is 9.30. The van der Waals surface area contributed by atoms with Crippen LogP contribution in [0, 0.1) is 0 Å². The van der Waals surface area contributed by atoms with Crippen molar-refractivity contribution < 1.29 is 23.5 Å². The molecule has 0 unspecified atom stereocenters. The van der Waals surface area contributed by atoms with Gasteiger partial charge in [-0.2, -0.15) is 0 Å². The zero-order chi connectivity index (χ0) is 22.7. The van der Waals surface area contributed by atoms with Gasteiger partial charge in [-0.15, -0.1) is 21.5 Å². The molecular formula is C21H18N4O5S2. The summed E-state index contributed by atoms with van der Waals surface area (Å²) in [7, 11) is 2.53. The van der Waals surface area contributed by atoms with E-state index >= 15 is 0 Å². The van der Waals surface area contributed by atoms with E-state index in [4.69, 9.17) is 19.6 Å². The first kappa shape index (κ1) is 21.7. The van der Waals surface area contributed by atoms with Gasteiger partial charge in [0.25, 0.3) is 0 Å². The minimum atomic E-state index is -0.620. The van der Waals surface area contributed by atoms with Gasteiger partial charge in [0, 0.05) is 17.0 Å². The summed E-state index contributed by atoms with van der Waals surface area (Å²) in [6, 6.07) is 13.1. The van der Waals surface area contributed by atoms with Gasteiger partial charge in [-0.05, 0) is 24.3 Å². The molecular weight excluding hydrogens is 452 g/mol. The number of nitrogens with zero attached hydrogens (tertiary/aromatic N) is 3. The molecule has 1 aromatic carbocycles. The molecule has 0 spiro atoms. The van der Waals surface area contributed by atoms with Gasteiger partial charge in [0.15, 0.2) is 10.9 Å². The molecule has 3 heterocycles. The number of esters is 2. The molecule has 0 fully saturated rings. The van der Waals surface area contributed by atoms with Crippen LogP contribution in [0.1, 0.15) is 25.6 Å². The Morgan fingerprint density at radius 3 is 2.50 bits per heavy atom. The largest absolute Gasteiger partial charge is 0.465 e. The van der Waals surface area contributed by atoms with Crippen LogP contribution in [0.4, 0.5) is 5.00 Å². The van der Waals surface area contributed by atoms with Gasteiger partial charge < -0.3 is 19.6 Å². The predicted octanol–water partition coefficient (Wildman–Crippen LogP) is 4.04. The molecule has 11 heteroatoms. The summed E-state index contributed by atoms with van der Waals surface area (Å²) in [6.45, 7) is 0. The standard InChI is InChI=1S/C21H18N4O5S2/c1-28-19(26)15-13(16(20(27)29-2)32-17(15)22)11-31-21-24-23-18(14-9-6-10-30-14)25(21)12-7-4-3-5-8-12/h3-10H,11,22H2,1-2H3. The highest BCUT2D eigenvalue weighted by molar-refractivity contribution is 7.98. The number of thiophene rings is 1. The van der Waals surface area contributed by atoms with E-state index in [1.807, 2.05) is 34.9 Å². The molecule has 0 aliphatic heterocycles. The number of aromatic nitrogens is 3. The molecule has 0 bridgehead atoms. The van der Waals surface area contributed by atoms with Crippen molar-refractivity contribution in [3.05, 3.63) is 64.7 Å². The van der Waals surface area contributed by atoms with E-state index in [0.29, 0.717) is 22.3 Å². The molecule has 4 aromatic rings. The van der Waals surface area contributed by atoms with Crippen LogP contribution in [-0.4, -0.2) is 40.9 Å². The summed E-state index contributed by atoms with van der Waals surface area (Å²) in [5.41, 5.74) is 7.44. The Hall–Kier alpha value is -3.57. The smallest absolute Gasteiger partial charge is 0.348 e. The highest BCUT2D eigenvalue weighted by Gasteiger charge is 2.28. The van der Waals surface area contributed by atoms with E-state index in [0.717, 1.165) is 17.0 Å². The number of hydrogen-bond acceptors (Lipinski definition) is 10. The zero-order valence-electron chi connectivity index (χ0n) is 17.1. The molecule has 0 saturated carbocycles. The number of hydrogen-bond donors (Lipinski definition) is 1. The van der Waals surface area contributed by atoms with Gasteiger partial charge in [-0.25, -0.2) is 9.59 Å². The molecule has 0 aliphatic rings. The maximum Gasteiger partial charge on any atom is 0.348 e. The molecule has 164 valence electrons. The SMILES string of the molecule is COC(=O)c1sc(N)c(C(=O)OC)c1CSc1nnc(-c2ccco2)n1-c1ccccc1. The highest BCUT2D eigenvalue weighted by atomic mass is 32.2. The fourth-order valence-corrected chi connectivity index (χ4v) is 5.15.